The van der Waals surface area contributed by atoms with Crippen molar-refractivity contribution in [1.29, 1.82) is 0 Å². The van der Waals surface area contributed by atoms with Crippen molar-refractivity contribution < 1.29 is 4.79 Å². The summed E-state index contributed by atoms with van der Waals surface area (Å²) in [5.74, 6) is 0.105. The number of nitrogens with one attached hydrogen (secondary N) is 2. The molecular formula is C15H33N3O. The third-order valence-corrected chi connectivity index (χ3v) is 3.66. The van der Waals surface area contributed by atoms with Gasteiger partial charge in [-0.3, -0.25) is 4.79 Å². The number of nitrogens with zero attached hydrogens (tertiary/aromatic N) is 1. The highest BCUT2D eigenvalue weighted by atomic mass is 16.2. The molecule has 4 heteroatoms. The average molecular weight is 271 g/mol. The predicted octanol–water partition coefficient (Wildman–Crippen LogP) is 2.00. The Balaban J connectivity index is 3.63. The Morgan fingerprint density at radius 2 is 1.79 bits per heavy atom. The van der Waals surface area contributed by atoms with Gasteiger partial charge in [-0.05, 0) is 67.1 Å². The Morgan fingerprint density at radius 3 is 2.32 bits per heavy atom. The molecule has 0 aromatic heterocycles. The molecule has 2 unspecified atom stereocenters. The molecule has 114 valence electrons. The van der Waals surface area contributed by atoms with E-state index in [4.69, 9.17) is 0 Å². The number of unbranched alkanes of at least 4 members (excludes halogenated alkanes) is 1. The minimum Gasteiger partial charge on any atom is -0.352 e. The van der Waals surface area contributed by atoms with E-state index in [1.165, 1.54) is 6.42 Å². The number of carbonyl (C=O) groups is 1. The van der Waals surface area contributed by atoms with Gasteiger partial charge in [0.05, 0.1) is 6.04 Å². The number of hydrogen-bond donors (Lipinski definition) is 2. The zero-order chi connectivity index (χ0) is 14.8. The molecule has 0 saturated heterocycles. The topological polar surface area (TPSA) is 44.4 Å². The van der Waals surface area contributed by atoms with E-state index in [0.29, 0.717) is 6.04 Å². The first-order chi connectivity index (χ1) is 8.88. The van der Waals surface area contributed by atoms with Crippen molar-refractivity contribution in [3.8, 4) is 0 Å². The third-order valence-electron chi connectivity index (χ3n) is 3.66. The van der Waals surface area contributed by atoms with Gasteiger partial charge in [0.1, 0.15) is 0 Å². The summed E-state index contributed by atoms with van der Waals surface area (Å²) < 4.78 is 0. The van der Waals surface area contributed by atoms with Crippen LogP contribution in [-0.2, 0) is 4.79 Å². The Kier molecular flexibility index (Phi) is 9.88. The summed E-state index contributed by atoms with van der Waals surface area (Å²) in [5.41, 5.74) is 0. The van der Waals surface area contributed by atoms with Crippen LogP contribution in [-0.4, -0.2) is 49.1 Å². The first-order valence-electron chi connectivity index (χ1n) is 7.62. The molecule has 0 aromatic rings. The molecule has 4 nitrogen and oxygen atoms in total. The third kappa shape index (κ3) is 9.00. The van der Waals surface area contributed by atoms with Crippen LogP contribution in [0.1, 0.15) is 53.9 Å². The number of rotatable bonds is 10. The quantitative estimate of drug-likeness (QED) is 0.597. The fourth-order valence-electron chi connectivity index (χ4n) is 1.63. The lowest BCUT2D eigenvalue weighted by molar-refractivity contribution is -0.123. The van der Waals surface area contributed by atoms with Gasteiger partial charge >= 0.3 is 0 Å². The predicted molar refractivity (Wildman–Crippen MR) is 82.4 cm³/mol. The minimum absolute atomic E-state index is 0.100. The SMILES string of the molecule is CCC(C)NC(=O)C(C)NCCCCN(C)C(C)C. The van der Waals surface area contributed by atoms with E-state index in [2.05, 4.69) is 43.4 Å². The van der Waals surface area contributed by atoms with Crippen molar-refractivity contribution in [2.45, 2.75) is 72.0 Å². The number of amides is 1. The van der Waals surface area contributed by atoms with Crippen LogP contribution in [0.3, 0.4) is 0 Å². The van der Waals surface area contributed by atoms with Crippen molar-refractivity contribution in [2.24, 2.45) is 0 Å². The second-order valence-electron chi connectivity index (χ2n) is 5.78. The summed E-state index contributed by atoms with van der Waals surface area (Å²) in [5, 5.41) is 6.28. The van der Waals surface area contributed by atoms with Crippen molar-refractivity contribution in [2.75, 3.05) is 20.1 Å². The molecule has 1 amide bonds. The monoisotopic (exact) mass is 271 g/mol. The van der Waals surface area contributed by atoms with Crippen LogP contribution in [0.15, 0.2) is 0 Å². The van der Waals surface area contributed by atoms with Gasteiger partial charge in [0.25, 0.3) is 0 Å². The summed E-state index contributed by atoms with van der Waals surface area (Å²) in [6.45, 7) is 12.5. The molecule has 2 N–H and O–H groups in total. The molecule has 0 radical (unpaired) electrons. The van der Waals surface area contributed by atoms with E-state index in [1.54, 1.807) is 0 Å². The highest BCUT2D eigenvalue weighted by molar-refractivity contribution is 5.81. The number of carbonyl (C=O) groups excluding carboxylic acids is 1. The first-order valence-corrected chi connectivity index (χ1v) is 7.62. The molecule has 2 atom stereocenters. The molecule has 19 heavy (non-hydrogen) atoms. The van der Waals surface area contributed by atoms with Gasteiger partial charge in [-0.15, -0.1) is 0 Å². The van der Waals surface area contributed by atoms with Gasteiger partial charge in [-0.1, -0.05) is 6.92 Å². The lowest BCUT2D eigenvalue weighted by Gasteiger charge is -2.21. The normalized spacial score (nSPS) is 14.7. The molecule has 0 saturated carbocycles. The lowest BCUT2D eigenvalue weighted by atomic mass is 10.2. The van der Waals surface area contributed by atoms with Crippen molar-refractivity contribution in [3.63, 3.8) is 0 Å². The molecule has 0 aliphatic rings. The van der Waals surface area contributed by atoms with Gasteiger partial charge in [-0.2, -0.15) is 0 Å². The van der Waals surface area contributed by atoms with Gasteiger partial charge in [0.2, 0.25) is 5.91 Å². The van der Waals surface area contributed by atoms with Crippen LogP contribution < -0.4 is 10.6 Å². The van der Waals surface area contributed by atoms with E-state index >= 15 is 0 Å². The van der Waals surface area contributed by atoms with Crippen LogP contribution in [0.25, 0.3) is 0 Å². The molecular weight excluding hydrogens is 238 g/mol. The molecule has 0 aliphatic carbocycles. The molecule has 0 heterocycles. The molecule has 0 aromatic carbocycles. The van der Waals surface area contributed by atoms with Crippen molar-refractivity contribution >= 4 is 5.91 Å². The second-order valence-corrected chi connectivity index (χ2v) is 5.78. The Hall–Kier alpha value is -0.610. The molecule has 0 fully saturated rings. The van der Waals surface area contributed by atoms with Crippen LogP contribution >= 0.6 is 0 Å². The highest BCUT2D eigenvalue weighted by Crippen LogP contribution is 1.98. The lowest BCUT2D eigenvalue weighted by Crippen LogP contribution is -2.45. The standard InChI is InChI=1S/C15H33N3O/c1-7-13(4)17-15(19)14(5)16-10-8-9-11-18(6)12(2)3/h12-14,16H,7-11H2,1-6H3,(H,17,19). The number of hydrogen-bond acceptors (Lipinski definition) is 3. The minimum atomic E-state index is -0.100. The summed E-state index contributed by atoms with van der Waals surface area (Å²) in [6, 6.07) is 0.765. The summed E-state index contributed by atoms with van der Waals surface area (Å²) in [7, 11) is 2.15. The summed E-state index contributed by atoms with van der Waals surface area (Å²) in [6.07, 6.45) is 3.25. The molecule has 0 spiro atoms. The molecule has 0 aliphatic heterocycles. The fourth-order valence-corrected chi connectivity index (χ4v) is 1.63. The second kappa shape index (κ2) is 10.2. The molecule has 0 bridgehead atoms. The Bertz CT molecular complexity index is 244. The first kappa shape index (κ1) is 18.4. The van der Waals surface area contributed by atoms with E-state index in [0.717, 1.165) is 25.9 Å². The maximum atomic E-state index is 11.8. The van der Waals surface area contributed by atoms with Crippen molar-refractivity contribution in [3.05, 3.63) is 0 Å². The Morgan fingerprint density at radius 1 is 1.16 bits per heavy atom. The average Bonchev–Trinajstić information content (AvgIpc) is 2.37. The fraction of sp³-hybridized carbons (Fsp3) is 0.933. The van der Waals surface area contributed by atoms with E-state index < -0.39 is 0 Å². The van der Waals surface area contributed by atoms with Gasteiger partial charge in [-0.25, -0.2) is 0 Å². The van der Waals surface area contributed by atoms with E-state index in [-0.39, 0.29) is 18.0 Å². The van der Waals surface area contributed by atoms with Gasteiger partial charge in [0, 0.05) is 12.1 Å². The zero-order valence-electron chi connectivity index (χ0n) is 13.6. The molecule has 0 rings (SSSR count). The summed E-state index contributed by atoms with van der Waals surface area (Å²) >= 11 is 0. The maximum Gasteiger partial charge on any atom is 0.237 e. The van der Waals surface area contributed by atoms with Gasteiger partial charge < -0.3 is 15.5 Å². The largest absolute Gasteiger partial charge is 0.352 e. The smallest absolute Gasteiger partial charge is 0.237 e. The van der Waals surface area contributed by atoms with Crippen LogP contribution in [0.2, 0.25) is 0 Å². The Labute approximate surface area is 119 Å². The maximum absolute atomic E-state index is 11.8. The highest BCUT2D eigenvalue weighted by Gasteiger charge is 2.13. The van der Waals surface area contributed by atoms with Crippen molar-refractivity contribution in [1.82, 2.24) is 15.5 Å². The van der Waals surface area contributed by atoms with Gasteiger partial charge in [0.15, 0.2) is 0 Å². The van der Waals surface area contributed by atoms with Crippen LogP contribution in [0.4, 0.5) is 0 Å². The van der Waals surface area contributed by atoms with E-state index in [9.17, 15) is 4.79 Å². The van der Waals surface area contributed by atoms with Crippen LogP contribution in [0.5, 0.6) is 0 Å². The van der Waals surface area contributed by atoms with Crippen LogP contribution in [0, 0.1) is 0 Å². The zero-order valence-corrected chi connectivity index (χ0v) is 13.6. The summed E-state index contributed by atoms with van der Waals surface area (Å²) in [4.78, 5) is 14.1. The van der Waals surface area contributed by atoms with E-state index in [1.807, 2.05) is 13.8 Å².